The molecule has 2 N–H and O–H groups in total. The minimum Gasteiger partial charge on any atom is -0.444 e. The molecule has 0 radical (unpaired) electrons. The molecule has 0 bridgehead atoms. The quantitative estimate of drug-likeness (QED) is 0.847. The first kappa shape index (κ1) is 13.2. The van der Waals surface area contributed by atoms with Crippen LogP contribution in [-0.2, 0) is 0 Å². The topological polar surface area (TPSA) is 59.5 Å². The van der Waals surface area contributed by atoms with Crippen LogP contribution in [0.5, 0.6) is 0 Å². The number of nitrogens with two attached hydrogens (primary N) is 1. The summed E-state index contributed by atoms with van der Waals surface area (Å²) in [5.74, 6) is 0.168. The zero-order valence-corrected chi connectivity index (χ0v) is 11.3. The van der Waals surface area contributed by atoms with Gasteiger partial charge in [-0.25, -0.2) is 0 Å². The molecular weight excluding hydrogens is 292 g/mol. The highest BCUT2D eigenvalue weighted by Crippen LogP contribution is 2.15. The van der Waals surface area contributed by atoms with Gasteiger partial charge in [0.25, 0.3) is 5.91 Å². The number of amides is 1. The third-order valence-corrected chi connectivity index (χ3v) is 2.71. The van der Waals surface area contributed by atoms with Crippen molar-refractivity contribution < 1.29 is 9.21 Å². The Hall–Kier alpha value is -0.880. The summed E-state index contributed by atoms with van der Waals surface area (Å²) in [4.78, 5) is 14.0. The predicted molar refractivity (Wildman–Crippen MR) is 69.4 cm³/mol. The molecule has 4 nitrogen and oxygen atoms in total. The summed E-state index contributed by atoms with van der Waals surface area (Å²) < 4.78 is 5.74. The lowest BCUT2D eigenvalue weighted by Crippen LogP contribution is -2.33. The second-order valence-corrected chi connectivity index (χ2v) is 4.51. The third-order valence-electron chi connectivity index (χ3n) is 2.08. The van der Waals surface area contributed by atoms with Crippen LogP contribution >= 0.6 is 28.1 Å². The first-order valence-electron chi connectivity index (χ1n) is 4.87. The van der Waals surface area contributed by atoms with E-state index in [1.807, 2.05) is 6.92 Å². The molecule has 6 heteroatoms. The van der Waals surface area contributed by atoms with Gasteiger partial charge in [0.05, 0.1) is 4.99 Å². The lowest BCUT2D eigenvalue weighted by atomic mass is 10.3. The van der Waals surface area contributed by atoms with Crippen LogP contribution < -0.4 is 5.73 Å². The molecule has 1 aromatic heterocycles. The molecule has 0 aliphatic rings. The van der Waals surface area contributed by atoms with E-state index in [1.165, 1.54) is 0 Å². The van der Waals surface area contributed by atoms with Gasteiger partial charge in [0.2, 0.25) is 0 Å². The summed E-state index contributed by atoms with van der Waals surface area (Å²) in [5.41, 5.74) is 5.40. The maximum atomic E-state index is 11.9. The van der Waals surface area contributed by atoms with Gasteiger partial charge in [-0.2, -0.15) is 0 Å². The van der Waals surface area contributed by atoms with Crippen LogP contribution in [-0.4, -0.2) is 28.9 Å². The van der Waals surface area contributed by atoms with E-state index < -0.39 is 0 Å². The number of carbonyl (C=O) groups is 1. The maximum absolute atomic E-state index is 11.9. The van der Waals surface area contributed by atoms with Crippen LogP contribution in [0.3, 0.4) is 0 Å². The van der Waals surface area contributed by atoms with Crippen molar-refractivity contribution in [3.63, 3.8) is 0 Å². The summed E-state index contributed by atoms with van der Waals surface area (Å²) in [6.07, 6.45) is 0.525. The van der Waals surface area contributed by atoms with Gasteiger partial charge in [-0.3, -0.25) is 4.79 Å². The second-order valence-electron chi connectivity index (χ2n) is 3.20. The zero-order valence-electron chi connectivity index (χ0n) is 8.90. The van der Waals surface area contributed by atoms with E-state index in [-0.39, 0.29) is 5.91 Å². The molecule has 16 heavy (non-hydrogen) atoms. The molecule has 1 rings (SSSR count). The highest BCUT2D eigenvalue weighted by atomic mass is 79.9. The molecule has 0 aliphatic heterocycles. The van der Waals surface area contributed by atoms with E-state index in [1.54, 1.807) is 17.0 Å². The molecule has 0 aromatic carbocycles. The Labute approximate surface area is 108 Å². The van der Waals surface area contributed by atoms with E-state index in [4.69, 9.17) is 22.4 Å². The predicted octanol–water partition coefficient (Wildman–Crippen LogP) is 2.18. The number of furan rings is 1. The van der Waals surface area contributed by atoms with Crippen LogP contribution in [0.1, 0.15) is 23.9 Å². The Morgan fingerprint density at radius 3 is 2.75 bits per heavy atom. The summed E-state index contributed by atoms with van der Waals surface area (Å²) >= 11 is 7.93. The van der Waals surface area contributed by atoms with Gasteiger partial charge in [0.15, 0.2) is 10.4 Å². The molecule has 0 unspecified atom stereocenters. The van der Waals surface area contributed by atoms with Crippen LogP contribution in [0.4, 0.5) is 0 Å². The fourth-order valence-corrected chi connectivity index (χ4v) is 1.63. The first-order chi connectivity index (χ1) is 7.54. The molecule has 0 saturated heterocycles. The van der Waals surface area contributed by atoms with Gasteiger partial charge in [-0.1, -0.05) is 12.2 Å². The summed E-state index contributed by atoms with van der Waals surface area (Å²) in [5, 5.41) is 0. The van der Waals surface area contributed by atoms with Gasteiger partial charge >= 0.3 is 0 Å². The van der Waals surface area contributed by atoms with Gasteiger partial charge in [0.1, 0.15) is 0 Å². The molecular formula is C10H13BrN2O2S. The molecule has 0 saturated carbocycles. The van der Waals surface area contributed by atoms with Gasteiger partial charge in [0, 0.05) is 19.5 Å². The number of halogens is 1. The fourth-order valence-electron chi connectivity index (χ4n) is 1.23. The minimum atomic E-state index is -0.149. The number of rotatable bonds is 5. The minimum absolute atomic E-state index is 0.149. The largest absolute Gasteiger partial charge is 0.444 e. The van der Waals surface area contributed by atoms with Crippen molar-refractivity contribution in [1.82, 2.24) is 4.90 Å². The van der Waals surface area contributed by atoms with E-state index in [9.17, 15) is 4.79 Å². The molecule has 88 valence electrons. The van der Waals surface area contributed by atoms with Crippen molar-refractivity contribution >= 4 is 39.0 Å². The number of carbonyl (C=O) groups excluding carboxylic acids is 1. The second kappa shape index (κ2) is 6.00. The SMILES string of the molecule is CCN(CCC(N)=S)C(=O)c1ccc(Br)o1. The van der Waals surface area contributed by atoms with E-state index in [0.29, 0.717) is 34.9 Å². The lowest BCUT2D eigenvalue weighted by molar-refractivity contribution is 0.0735. The van der Waals surface area contributed by atoms with Crippen molar-refractivity contribution in [2.24, 2.45) is 5.73 Å². The number of hydrogen-bond donors (Lipinski definition) is 1. The molecule has 0 aliphatic carbocycles. The van der Waals surface area contributed by atoms with Crippen molar-refractivity contribution in [2.75, 3.05) is 13.1 Å². The number of hydrogen-bond acceptors (Lipinski definition) is 3. The van der Waals surface area contributed by atoms with Crippen molar-refractivity contribution in [1.29, 1.82) is 0 Å². The Morgan fingerprint density at radius 1 is 1.62 bits per heavy atom. The lowest BCUT2D eigenvalue weighted by Gasteiger charge is -2.18. The van der Waals surface area contributed by atoms with Crippen LogP contribution in [0, 0.1) is 0 Å². The summed E-state index contributed by atoms with van der Waals surface area (Å²) in [6, 6.07) is 3.32. The monoisotopic (exact) mass is 304 g/mol. The molecule has 1 heterocycles. The Kier molecular flexibility index (Phi) is 4.95. The van der Waals surface area contributed by atoms with Crippen LogP contribution in [0.15, 0.2) is 21.2 Å². The molecule has 1 amide bonds. The van der Waals surface area contributed by atoms with Crippen molar-refractivity contribution in [3.8, 4) is 0 Å². The van der Waals surface area contributed by atoms with E-state index in [2.05, 4.69) is 15.9 Å². The van der Waals surface area contributed by atoms with Crippen molar-refractivity contribution in [2.45, 2.75) is 13.3 Å². The van der Waals surface area contributed by atoms with Gasteiger partial charge in [-0.15, -0.1) is 0 Å². The zero-order chi connectivity index (χ0) is 12.1. The Bertz CT molecular complexity index is 392. The standard InChI is InChI=1S/C10H13BrN2O2S/c1-2-13(6-5-9(12)16)10(14)7-3-4-8(11)15-7/h3-4H,2,5-6H2,1H3,(H2,12,16). The Balaban J connectivity index is 2.66. The average molecular weight is 305 g/mol. The fraction of sp³-hybridized carbons (Fsp3) is 0.400. The normalized spacial score (nSPS) is 10.1. The summed E-state index contributed by atoms with van der Waals surface area (Å²) in [6.45, 7) is 3.01. The summed E-state index contributed by atoms with van der Waals surface area (Å²) in [7, 11) is 0. The highest BCUT2D eigenvalue weighted by Gasteiger charge is 2.17. The number of nitrogens with zero attached hydrogens (tertiary/aromatic N) is 1. The van der Waals surface area contributed by atoms with Crippen LogP contribution in [0.2, 0.25) is 0 Å². The molecule has 1 aromatic rings. The maximum Gasteiger partial charge on any atom is 0.289 e. The molecule has 0 fully saturated rings. The van der Waals surface area contributed by atoms with Crippen molar-refractivity contribution in [3.05, 3.63) is 22.6 Å². The molecule has 0 atom stereocenters. The molecule has 0 spiro atoms. The Morgan fingerprint density at radius 2 is 2.31 bits per heavy atom. The number of thiocarbonyl (C=S) groups is 1. The van der Waals surface area contributed by atoms with E-state index in [0.717, 1.165) is 0 Å². The van der Waals surface area contributed by atoms with Crippen LogP contribution in [0.25, 0.3) is 0 Å². The van der Waals surface area contributed by atoms with Gasteiger partial charge in [-0.05, 0) is 35.0 Å². The van der Waals surface area contributed by atoms with E-state index >= 15 is 0 Å². The highest BCUT2D eigenvalue weighted by molar-refractivity contribution is 9.10. The third kappa shape index (κ3) is 3.61. The smallest absolute Gasteiger partial charge is 0.289 e. The van der Waals surface area contributed by atoms with Gasteiger partial charge < -0.3 is 15.1 Å². The first-order valence-corrected chi connectivity index (χ1v) is 6.07. The average Bonchev–Trinajstić information content (AvgIpc) is 2.65.